The maximum Gasteiger partial charge on any atom is 0.127 e. The maximum absolute atomic E-state index is 12.9. The first-order chi connectivity index (χ1) is 6.76. The van der Waals surface area contributed by atoms with Crippen LogP contribution >= 0.6 is 0 Å². The smallest absolute Gasteiger partial charge is 0.127 e. The minimum absolute atomic E-state index is 0.165. The predicted molar refractivity (Wildman–Crippen MR) is 52.7 cm³/mol. The van der Waals surface area contributed by atoms with E-state index in [1.807, 2.05) is 0 Å². The van der Waals surface area contributed by atoms with Gasteiger partial charge in [0.05, 0.1) is 13.2 Å². The molecule has 3 heteroatoms. The summed E-state index contributed by atoms with van der Waals surface area (Å²) in [5, 5.41) is 8.84. The van der Waals surface area contributed by atoms with Gasteiger partial charge in [-0.1, -0.05) is 13.3 Å². The number of hydrogen-bond donors (Lipinski definition) is 1. The zero-order valence-electron chi connectivity index (χ0n) is 8.29. The highest BCUT2D eigenvalue weighted by Gasteiger charge is 2.00. The van der Waals surface area contributed by atoms with Gasteiger partial charge >= 0.3 is 0 Å². The molecule has 1 aromatic rings. The number of halogens is 1. The second-order valence-corrected chi connectivity index (χ2v) is 3.16. The SMILES string of the molecule is CCCCOc1cc(F)cc(CO)c1. The van der Waals surface area contributed by atoms with E-state index >= 15 is 0 Å². The van der Waals surface area contributed by atoms with Gasteiger partial charge in [0.25, 0.3) is 0 Å². The van der Waals surface area contributed by atoms with Crippen LogP contribution in [0.25, 0.3) is 0 Å². The summed E-state index contributed by atoms with van der Waals surface area (Å²) in [6.45, 7) is 2.49. The van der Waals surface area contributed by atoms with E-state index in [2.05, 4.69) is 6.92 Å². The molecule has 78 valence electrons. The Kier molecular flexibility index (Phi) is 4.40. The van der Waals surface area contributed by atoms with Crippen molar-refractivity contribution in [2.75, 3.05) is 6.61 Å². The predicted octanol–water partition coefficient (Wildman–Crippen LogP) is 2.50. The van der Waals surface area contributed by atoms with Gasteiger partial charge in [0.15, 0.2) is 0 Å². The Morgan fingerprint density at radius 1 is 1.36 bits per heavy atom. The zero-order chi connectivity index (χ0) is 10.4. The van der Waals surface area contributed by atoms with Crippen LogP contribution < -0.4 is 4.74 Å². The lowest BCUT2D eigenvalue weighted by atomic mass is 10.2. The monoisotopic (exact) mass is 198 g/mol. The first-order valence-corrected chi connectivity index (χ1v) is 4.79. The Morgan fingerprint density at radius 3 is 2.79 bits per heavy atom. The third-order valence-corrected chi connectivity index (χ3v) is 1.88. The van der Waals surface area contributed by atoms with E-state index < -0.39 is 0 Å². The average molecular weight is 198 g/mol. The number of benzene rings is 1. The van der Waals surface area contributed by atoms with E-state index in [1.165, 1.54) is 12.1 Å². The Hall–Kier alpha value is -1.09. The van der Waals surface area contributed by atoms with Crippen LogP contribution in [0.15, 0.2) is 18.2 Å². The van der Waals surface area contributed by atoms with E-state index in [-0.39, 0.29) is 12.4 Å². The molecule has 14 heavy (non-hydrogen) atoms. The van der Waals surface area contributed by atoms with Gasteiger partial charge in [-0.2, -0.15) is 0 Å². The van der Waals surface area contributed by atoms with Gasteiger partial charge in [-0.15, -0.1) is 0 Å². The van der Waals surface area contributed by atoms with Crippen molar-refractivity contribution in [2.45, 2.75) is 26.4 Å². The number of ether oxygens (including phenoxy) is 1. The fraction of sp³-hybridized carbons (Fsp3) is 0.455. The van der Waals surface area contributed by atoms with E-state index in [0.717, 1.165) is 12.8 Å². The van der Waals surface area contributed by atoms with E-state index in [1.54, 1.807) is 6.07 Å². The molecule has 0 heterocycles. The van der Waals surface area contributed by atoms with E-state index in [9.17, 15) is 4.39 Å². The summed E-state index contributed by atoms with van der Waals surface area (Å²) in [6, 6.07) is 4.28. The molecule has 0 bridgehead atoms. The van der Waals surface area contributed by atoms with Crippen molar-refractivity contribution in [3.05, 3.63) is 29.6 Å². The number of rotatable bonds is 5. The molecule has 1 aromatic carbocycles. The Balaban J connectivity index is 2.62. The molecule has 2 nitrogen and oxygen atoms in total. The third-order valence-electron chi connectivity index (χ3n) is 1.88. The fourth-order valence-electron chi connectivity index (χ4n) is 1.13. The summed E-state index contributed by atoms with van der Waals surface area (Å²) < 4.78 is 18.3. The van der Waals surface area contributed by atoms with Gasteiger partial charge in [0.1, 0.15) is 11.6 Å². The zero-order valence-corrected chi connectivity index (χ0v) is 8.29. The van der Waals surface area contributed by atoms with Crippen molar-refractivity contribution in [1.29, 1.82) is 0 Å². The molecule has 0 aliphatic rings. The number of hydrogen-bond acceptors (Lipinski definition) is 2. The summed E-state index contributed by atoms with van der Waals surface area (Å²) in [5.74, 6) is 0.116. The van der Waals surface area contributed by atoms with Crippen molar-refractivity contribution < 1.29 is 14.2 Å². The highest BCUT2D eigenvalue weighted by atomic mass is 19.1. The molecule has 0 radical (unpaired) electrons. The molecule has 0 atom stereocenters. The van der Waals surface area contributed by atoms with Gasteiger partial charge in [0.2, 0.25) is 0 Å². The Bertz CT molecular complexity index is 287. The molecule has 1 N–H and O–H groups in total. The molecule has 0 saturated heterocycles. The van der Waals surface area contributed by atoms with E-state index in [4.69, 9.17) is 9.84 Å². The molecule has 0 unspecified atom stereocenters. The normalized spacial score (nSPS) is 10.2. The first-order valence-electron chi connectivity index (χ1n) is 4.79. The minimum Gasteiger partial charge on any atom is -0.493 e. The molecule has 0 saturated carbocycles. The standard InChI is InChI=1S/C11H15FO2/c1-2-3-4-14-11-6-9(8-13)5-10(12)7-11/h5-7,13H,2-4,8H2,1H3. The molecule has 0 amide bonds. The van der Waals surface area contributed by atoms with Crippen LogP contribution in [-0.2, 0) is 6.61 Å². The molecule has 0 aromatic heterocycles. The van der Waals surface area contributed by atoms with Crippen LogP contribution in [0, 0.1) is 5.82 Å². The van der Waals surface area contributed by atoms with Gasteiger partial charge in [0, 0.05) is 6.07 Å². The quantitative estimate of drug-likeness (QED) is 0.736. The molecular formula is C11H15FO2. The highest BCUT2D eigenvalue weighted by molar-refractivity contribution is 5.29. The van der Waals surface area contributed by atoms with Crippen molar-refractivity contribution >= 4 is 0 Å². The van der Waals surface area contributed by atoms with E-state index in [0.29, 0.717) is 17.9 Å². The highest BCUT2D eigenvalue weighted by Crippen LogP contribution is 2.16. The Morgan fingerprint density at radius 2 is 2.14 bits per heavy atom. The molecular weight excluding hydrogens is 183 g/mol. The molecule has 0 aliphatic carbocycles. The minimum atomic E-state index is -0.372. The summed E-state index contributed by atoms with van der Waals surface area (Å²) in [4.78, 5) is 0. The van der Waals surface area contributed by atoms with Crippen LogP contribution in [-0.4, -0.2) is 11.7 Å². The summed E-state index contributed by atoms with van der Waals surface area (Å²) in [7, 11) is 0. The van der Waals surface area contributed by atoms with Crippen molar-refractivity contribution in [1.82, 2.24) is 0 Å². The molecule has 0 fully saturated rings. The van der Waals surface area contributed by atoms with Gasteiger partial charge in [-0.05, 0) is 24.1 Å². The average Bonchev–Trinajstić information content (AvgIpc) is 2.17. The summed E-state index contributed by atoms with van der Waals surface area (Å²) in [5.41, 5.74) is 0.538. The second kappa shape index (κ2) is 5.60. The number of aliphatic hydroxyl groups excluding tert-OH is 1. The number of unbranched alkanes of at least 4 members (excludes halogenated alkanes) is 1. The molecule has 1 rings (SSSR count). The fourth-order valence-corrected chi connectivity index (χ4v) is 1.13. The van der Waals surface area contributed by atoms with Crippen LogP contribution in [0.2, 0.25) is 0 Å². The van der Waals surface area contributed by atoms with Crippen LogP contribution in [0.4, 0.5) is 4.39 Å². The van der Waals surface area contributed by atoms with Gasteiger partial charge in [-0.3, -0.25) is 0 Å². The maximum atomic E-state index is 12.9. The Labute approximate surface area is 83.3 Å². The summed E-state index contributed by atoms with van der Waals surface area (Å²) in [6.07, 6.45) is 1.99. The first kappa shape index (κ1) is 11.0. The van der Waals surface area contributed by atoms with Gasteiger partial charge < -0.3 is 9.84 Å². The molecule has 0 spiro atoms. The summed E-state index contributed by atoms with van der Waals surface area (Å²) >= 11 is 0. The van der Waals surface area contributed by atoms with Crippen LogP contribution in [0.1, 0.15) is 25.3 Å². The lowest BCUT2D eigenvalue weighted by molar-refractivity contribution is 0.277. The lowest BCUT2D eigenvalue weighted by Crippen LogP contribution is -1.98. The second-order valence-electron chi connectivity index (χ2n) is 3.16. The van der Waals surface area contributed by atoms with Crippen molar-refractivity contribution in [2.24, 2.45) is 0 Å². The topological polar surface area (TPSA) is 29.5 Å². The molecule has 0 aliphatic heterocycles. The largest absolute Gasteiger partial charge is 0.493 e. The van der Waals surface area contributed by atoms with Crippen molar-refractivity contribution in [3.63, 3.8) is 0 Å². The number of aliphatic hydroxyl groups is 1. The van der Waals surface area contributed by atoms with Crippen LogP contribution in [0.3, 0.4) is 0 Å². The third kappa shape index (κ3) is 3.34. The van der Waals surface area contributed by atoms with Crippen molar-refractivity contribution in [3.8, 4) is 5.75 Å². The lowest BCUT2D eigenvalue weighted by Gasteiger charge is -2.06. The van der Waals surface area contributed by atoms with Gasteiger partial charge in [-0.25, -0.2) is 4.39 Å². The van der Waals surface area contributed by atoms with Crippen LogP contribution in [0.5, 0.6) is 5.75 Å².